The third kappa shape index (κ3) is 3.16. The molecule has 0 fully saturated rings. The second-order valence-electron chi connectivity index (χ2n) is 5.08. The van der Waals surface area contributed by atoms with Crippen LogP contribution in [0, 0.1) is 0 Å². The molecule has 1 heterocycles. The van der Waals surface area contributed by atoms with Gasteiger partial charge in [0.1, 0.15) is 0 Å². The standard InChI is InChI=1S/C17H16BrNOS/c1-12(21-15-8-6-14(18)7-9-15)17(20)19-11-10-13-4-2-3-5-16(13)19/h2-9,12H,10-11H2,1H3. The van der Waals surface area contributed by atoms with Gasteiger partial charge in [0.2, 0.25) is 5.91 Å². The minimum absolute atomic E-state index is 0.0858. The van der Waals surface area contributed by atoms with Crippen LogP contribution in [-0.2, 0) is 11.2 Å². The summed E-state index contributed by atoms with van der Waals surface area (Å²) >= 11 is 5.04. The second kappa shape index (κ2) is 6.24. The average Bonchev–Trinajstić information content (AvgIpc) is 2.92. The number of para-hydroxylation sites is 1. The Morgan fingerprint density at radius 1 is 1.19 bits per heavy atom. The molecular weight excluding hydrogens is 346 g/mol. The van der Waals surface area contributed by atoms with Gasteiger partial charge in [0.25, 0.3) is 0 Å². The Morgan fingerprint density at radius 3 is 2.67 bits per heavy atom. The molecule has 0 saturated carbocycles. The van der Waals surface area contributed by atoms with Crippen molar-refractivity contribution in [3.8, 4) is 0 Å². The van der Waals surface area contributed by atoms with E-state index < -0.39 is 0 Å². The van der Waals surface area contributed by atoms with Crippen molar-refractivity contribution in [3.63, 3.8) is 0 Å². The predicted molar refractivity (Wildman–Crippen MR) is 92.0 cm³/mol. The number of hydrogen-bond donors (Lipinski definition) is 0. The van der Waals surface area contributed by atoms with Crippen molar-refractivity contribution in [2.75, 3.05) is 11.4 Å². The molecule has 1 atom stereocenters. The van der Waals surface area contributed by atoms with Crippen LogP contribution in [0.1, 0.15) is 12.5 Å². The lowest BCUT2D eigenvalue weighted by molar-refractivity contribution is -0.117. The van der Waals surface area contributed by atoms with Crippen molar-refractivity contribution in [1.29, 1.82) is 0 Å². The highest BCUT2D eigenvalue weighted by atomic mass is 79.9. The minimum atomic E-state index is -0.0858. The molecule has 1 aliphatic rings. The van der Waals surface area contributed by atoms with Crippen LogP contribution < -0.4 is 4.90 Å². The minimum Gasteiger partial charge on any atom is -0.311 e. The maximum Gasteiger partial charge on any atom is 0.240 e. The van der Waals surface area contributed by atoms with Crippen LogP contribution >= 0.6 is 27.7 Å². The summed E-state index contributed by atoms with van der Waals surface area (Å²) in [6.07, 6.45) is 0.956. The van der Waals surface area contributed by atoms with Gasteiger partial charge in [0.05, 0.1) is 5.25 Å². The molecule has 1 unspecified atom stereocenters. The van der Waals surface area contributed by atoms with Gasteiger partial charge in [-0.05, 0) is 49.2 Å². The number of benzene rings is 2. The van der Waals surface area contributed by atoms with Crippen molar-refractivity contribution in [2.45, 2.75) is 23.5 Å². The van der Waals surface area contributed by atoms with Crippen LogP contribution in [0.3, 0.4) is 0 Å². The average molecular weight is 362 g/mol. The lowest BCUT2D eigenvalue weighted by Crippen LogP contribution is -2.35. The van der Waals surface area contributed by atoms with Crippen molar-refractivity contribution >= 4 is 39.3 Å². The van der Waals surface area contributed by atoms with Crippen molar-refractivity contribution in [2.24, 2.45) is 0 Å². The third-order valence-corrected chi connectivity index (χ3v) is 5.26. The zero-order valence-electron chi connectivity index (χ0n) is 11.8. The third-order valence-electron chi connectivity index (χ3n) is 3.63. The van der Waals surface area contributed by atoms with Crippen molar-refractivity contribution in [1.82, 2.24) is 0 Å². The zero-order chi connectivity index (χ0) is 14.8. The van der Waals surface area contributed by atoms with Gasteiger partial charge in [-0.2, -0.15) is 0 Å². The Labute approximate surface area is 137 Å². The van der Waals surface area contributed by atoms with E-state index in [1.54, 1.807) is 11.8 Å². The fourth-order valence-electron chi connectivity index (χ4n) is 2.55. The van der Waals surface area contributed by atoms with Crippen LogP contribution in [0.15, 0.2) is 57.9 Å². The zero-order valence-corrected chi connectivity index (χ0v) is 14.2. The molecule has 2 aromatic carbocycles. The largest absolute Gasteiger partial charge is 0.311 e. The van der Waals surface area contributed by atoms with E-state index in [1.165, 1.54) is 5.56 Å². The first-order valence-corrected chi connectivity index (χ1v) is 8.64. The molecule has 2 aromatic rings. The second-order valence-corrected chi connectivity index (χ2v) is 7.41. The maximum absolute atomic E-state index is 12.7. The number of nitrogens with zero attached hydrogens (tertiary/aromatic N) is 1. The molecular formula is C17H16BrNOS. The highest BCUT2D eigenvalue weighted by Crippen LogP contribution is 2.31. The van der Waals surface area contributed by atoms with Gasteiger partial charge in [-0.3, -0.25) is 4.79 Å². The van der Waals surface area contributed by atoms with Crippen LogP contribution in [0.5, 0.6) is 0 Å². The van der Waals surface area contributed by atoms with Crippen LogP contribution in [-0.4, -0.2) is 17.7 Å². The van der Waals surface area contributed by atoms with E-state index in [1.807, 2.05) is 54.3 Å². The van der Waals surface area contributed by atoms with Crippen molar-refractivity contribution in [3.05, 3.63) is 58.6 Å². The van der Waals surface area contributed by atoms with E-state index in [4.69, 9.17) is 0 Å². The Morgan fingerprint density at radius 2 is 1.90 bits per heavy atom. The Balaban J connectivity index is 1.72. The van der Waals surface area contributed by atoms with Gasteiger partial charge in [-0.1, -0.05) is 34.1 Å². The van der Waals surface area contributed by atoms with E-state index in [0.717, 1.165) is 28.0 Å². The van der Waals surface area contributed by atoms with E-state index in [-0.39, 0.29) is 11.2 Å². The number of thioether (sulfide) groups is 1. The molecule has 2 nitrogen and oxygen atoms in total. The first-order valence-electron chi connectivity index (χ1n) is 6.96. The number of fused-ring (bicyclic) bond motifs is 1. The molecule has 0 radical (unpaired) electrons. The number of carbonyl (C=O) groups is 1. The van der Waals surface area contributed by atoms with Gasteiger partial charge in [0, 0.05) is 21.6 Å². The molecule has 0 aromatic heterocycles. The number of halogens is 1. The quantitative estimate of drug-likeness (QED) is 0.749. The predicted octanol–water partition coefficient (Wildman–Crippen LogP) is 4.52. The van der Waals surface area contributed by atoms with Gasteiger partial charge in [0.15, 0.2) is 0 Å². The maximum atomic E-state index is 12.7. The van der Waals surface area contributed by atoms with Gasteiger partial charge in [-0.15, -0.1) is 11.8 Å². The Kier molecular flexibility index (Phi) is 4.36. The summed E-state index contributed by atoms with van der Waals surface area (Å²) in [6, 6.07) is 16.3. The summed E-state index contributed by atoms with van der Waals surface area (Å²) in [4.78, 5) is 15.7. The summed E-state index contributed by atoms with van der Waals surface area (Å²) in [5, 5.41) is -0.0858. The number of amides is 1. The number of hydrogen-bond acceptors (Lipinski definition) is 2. The van der Waals surface area contributed by atoms with Crippen LogP contribution in [0.4, 0.5) is 5.69 Å². The Hall–Kier alpha value is -1.26. The lowest BCUT2D eigenvalue weighted by Gasteiger charge is -2.21. The molecule has 0 aliphatic carbocycles. The summed E-state index contributed by atoms with van der Waals surface area (Å²) < 4.78 is 1.05. The summed E-state index contributed by atoms with van der Waals surface area (Å²) in [6.45, 7) is 2.78. The normalized spacial score (nSPS) is 14.9. The topological polar surface area (TPSA) is 20.3 Å². The molecule has 108 valence electrons. The molecule has 1 amide bonds. The highest BCUT2D eigenvalue weighted by Gasteiger charge is 2.28. The first kappa shape index (κ1) is 14.7. The van der Waals surface area contributed by atoms with Gasteiger partial charge < -0.3 is 4.90 Å². The highest BCUT2D eigenvalue weighted by molar-refractivity contribution is 9.10. The lowest BCUT2D eigenvalue weighted by atomic mass is 10.2. The molecule has 0 spiro atoms. The number of anilines is 1. The molecule has 0 N–H and O–H groups in total. The molecule has 4 heteroatoms. The van der Waals surface area contributed by atoms with E-state index in [2.05, 4.69) is 22.0 Å². The van der Waals surface area contributed by atoms with Crippen molar-refractivity contribution < 1.29 is 4.79 Å². The van der Waals surface area contributed by atoms with Gasteiger partial charge >= 0.3 is 0 Å². The summed E-state index contributed by atoms with van der Waals surface area (Å²) in [5.41, 5.74) is 2.34. The monoisotopic (exact) mass is 361 g/mol. The molecule has 0 saturated heterocycles. The molecule has 0 bridgehead atoms. The number of carbonyl (C=O) groups excluding carboxylic acids is 1. The van der Waals surface area contributed by atoms with Crippen LogP contribution in [0.2, 0.25) is 0 Å². The van der Waals surface area contributed by atoms with Crippen LogP contribution in [0.25, 0.3) is 0 Å². The molecule has 3 rings (SSSR count). The Bertz CT molecular complexity index is 656. The first-order chi connectivity index (χ1) is 10.1. The molecule has 1 aliphatic heterocycles. The van der Waals surface area contributed by atoms with Gasteiger partial charge in [-0.25, -0.2) is 0 Å². The number of rotatable bonds is 3. The van der Waals surface area contributed by atoms with E-state index in [0.29, 0.717) is 0 Å². The smallest absolute Gasteiger partial charge is 0.240 e. The summed E-state index contributed by atoms with van der Waals surface area (Å²) in [7, 11) is 0. The fraction of sp³-hybridized carbons (Fsp3) is 0.235. The SMILES string of the molecule is CC(Sc1ccc(Br)cc1)C(=O)N1CCc2ccccc21. The fourth-order valence-corrected chi connectivity index (χ4v) is 3.75. The van der Waals surface area contributed by atoms with E-state index in [9.17, 15) is 4.79 Å². The van der Waals surface area contributed by atoms with E-state index >= 15 is 0 Å². The summed E-state index contributed by atoms with van der Waals surface area (Å²) in [5.74, 6) is 0.188. The molecule has 21 heavy (non-hydrogen) atoms.